The molecule has 1 aromatic rings. The number of hydrogen-bond donors (Lipinski definition) is 2. The van der Waals surface area contributed by atoms with Gasteiger partial charge >= 0.3 is 0 Å². The van der Waals surface area contributed by atoms with Crippen LogP contribution < -0.4 is 10.6 Å². The minimum absolute atomic E-state index is 0. The molecule has 150 valence electrons. The number of nitrogens with one attached hydrogen (secondary N) is 2. The molecule has 6 heteroatoms. The molecule has 2 N–H and O–H groups in total. The largest absolute Gasteiger partial charge is 0.377 e. The summed E-state index contributed by atoms with van der Waals surface area (Å²) in [7, 11) is 1.85. The monoisotopic (exact) mass is 484 g/mol. The van der Waals surface area contributed by atoms with Crippen molar-refractivity contribution in [2.24, 2.45) is 4.99 Å². The Hall–Kier alpha value is -1.12. The highest BCUT2D eigenvalue weighted by Crippen LogP contribution is 2.19. The van der Waals surface area contributed by atoms with Gasteiger partial charge in [-0.25, -0.2) is 0 Å². The first kappa shape index (κ1) is 22.2. The summed E-state index contributed by atoms with van der Waals surface area (Å²) >= 11 is 0. The van der Waals surface area contributed by atoms with E-state index in [2.05, 4.69) is 56.9 Å². The van der Waals surface area contributed by atoms with Crippen molar-refractivity contribution < 1.29 is 4.74 Å². The molecule has 0 saturated carbocycles. The van der Waals surface area contributed by atoms with E-state index in [4.69, 9.17) is 4.74 Å². The van der Waals surface area contributed by atoms with E-state index in [-0.39, 0.29) is 24.0 Å². The van der Waals surface area contributed by atoms with Crippen LogP contribution >= 0.6 is 24.0 Å². The molecule has 0 aromatic heterocycles. The Labute approximate surface area is 180 Å². The number of ether oxygens (including phenoxy) is 1. The number of guanidine groups is 1. The lowest BCUT2D eigenvalue weighted by atomic mass is 10.1. The van der Waals surface area contributed by atoms with Gasteiger partial charge in [0.05, 0.1) is 13.2 Å². The van der Waals surface area contributed by atoms with E-state index in [1.807, 2.05) is 7.05 Å². The van der Waals surface area contributed by atoms with Gasteiger partial charge in [0.2, 0.25) is 0 Å². The van der Waals surface area contributed by atoms with E-state index in [0.717, 1.165) is 51.6 Å². The summed E-state index contributed by atoms with van der Waals surface area (Å²) in [6.45, 7) is 5.71. The van der Waals surface area contributed by atoms with Crippen LogP contribution in [0.25, 0.3) is 0 Å². The summed E-state index contributed by atoms with van der Waals surface area (Å²) < 4.78 is 5.36. The lowest BCUT2D eigenvalue weighted by Crippen LogP contribution is -2.45. The van der Waals surface area contributed by atoms with E-state index in [1.165, 1.54) is 30.5 Å². The van der Waals surface area contributed by atoms with Crippen LogP contribution in [0.4, 0.5) is 0 Å². The van der Waals surface area contributed by atoms with E-state index >= 15 is 0 Å². The van der Waals surface area contributed by atoms with Crippen molar-refractivity contribution in [3.8, 4) is 0 Å². The number of nitrogens with zero attached hydrogens (tertiary/aromatic N) is 2. The third-order valence-corrected chi connectivity index (χ3v) is 5.25. The molecule has 3 rings (SSSR count). The Morgan fingerprint density at radius 2 is 2.11 bits per heavy atom. The molecule has 0 bridgehead atoms. The summed E-state index contributed by atoms with van der Waals surface area (Å²) in [6.07, 6.45) is 6.87. The van der Waals surface area contributed by atoms with Gasteiger partial charge in [0.1, 0.15) is 0 Å². The van der Waals surface area contributed by atoms with Gasteiger partial charge < -0.3 is 15.4 Å². The van der Waals surface area contributed by atoms with Crippen LogP contribution in [0.15, 0.2) is 47.0 Å². The first-order valence-electron chi connectivity index (χ1n) is 9.83. The van der Waals surface area contributed by atoms with Crippen molar-refractivity contribution in [1.29, 1.82) is 0 Å². The fourth-order valence-electron chi connectivity index (χ4n) is 3.72. The van der Waals surface area contributed by atoms with Crippen molar-refractivity contribution in [3.63, 3.8) is 0 Å². The van der Waals surface area contributed by atoms with Gasteiger partial charge in [-0.3, -0.25) is 9.89 Å². The maximum atomic E-state index is 5.36. The molecule has 27 heavy (non-hydrogen) atoms. The van der Waals surface area contributed by atoms with E-state index < -0.39 is 0 Å². The van der Waals surface area contributed by atoms with Crippen LogP contribution in [0, 0.1) is 0 Å². The predicted molar refractivity (Wildman–Crippen MR) is 123 cm³/mol. The molecule has 0 radical (unpaired) electrons. The maximum absolute atomic E-state index is 5.36. The third-order valence-electron chi connectivity index (χ3n) is 5.25. The molecule has 0 amide bonds. The highest BCUT2D eigenvalue weighted by atomic mass is 127. The van der Waals surface area contributed by atoms with Gasteiger partial charge in [-0.2, -0.15) is 0 Å². The zero-order valence-corrected chi connectivity index (χ0v) is 18.7. The van der Waals surface area contributed by atoms with Crippen LogP contribution in [0.1, 0.15) is 31.2 Å². The van der Waals surface area contributed by atoms with E-state index in [9.17, 15) is 0 Å². The molecule has 1 unspecified atom stereocenters. The Morgan fingerprint density at radius 3 is 2.85 bits per heavy atom. The van der Waals surface area contributed by atoms with Crippen LogP contribution in [0.3, 0.4) is 0 Å². The topological polar surface area (TPSA) is 48.9 Å². The Morgan fingerprint density at radius 1 is 1.26 bits per heavy atom. The molecule has 5 nitrogen and oxygen atoms in total. The molecule has 1 aromatic carbocycles. The number of halogens is 1. The quantitative estimate of drug-likeness (QED) is 0.270. The van der Waals surface area contributed by atoms with E-state index in [1.54, 1.807) is 0 Å². The van der Waals surface area contributed by atoms with Crippen LogP contribution in [0.2, 0.25) is 0 Å². The summed E-state index contributed by atoms with van der Waals surface area (Å²) in [5.74, 6) is 0.907. The minimum atomic E-state index is 0. The molecule has 1 saturated heterocycles. The Kier molecular flexibility index (Phi) is 10.2. The molecule has 1 atom stereocenters. The molecule has 0 aliphatic carbocycles. The highest BCUT2D eigenvalue weighted by Gasteiger charge is 2.24. The number of benzene rings is 1. The molecule has 2 aliphatic heterocycles. The molecular weight excluding hydrogens is 451 g/mol. The van der Waals surface area contributed by atoms with Crippen LogP contribution in [-0.4, -0.2) is 56.8 Å². The normalized spacial score (nSPS) is 20.7. The zero-order chi connectivity index (χ0) is 18.0. The second-order valence-corrected chi connectivity index (χ2v) is 7.07. The summed E-state index contributed by atoms with van der Waals surface area (Å²) in [6, 6.07) is 11.3. The Balaban J connectivity index is 0.00000261. The number of rotatable bonds is 7. The SMILES string of the molecule is CN=C(NCCC1=CCOCC1)NCC1CCCN1Cc1ccccc1.I. The fourth-order valence-corrected chi connectivity index (χ4v) is 3.72. The molecule has 0 spiro atoms. The average Bonchev–Trinajstić information content (AvgIpc) is 3.13. The standard InChI is InChI=1S/C21H32N4O.HI/c1-22-21(23-12-9-18-10-14-26-15-11-18)24-16-20-8-5-13-25(20)17-19-6-3-2-4-7-19;/h2-4,6-7,10,20H,5,8-9,11-17H2,1H3,(H2,22,23,24);1H. The Bertz CT molecular complexity index is 605. The third kappa shape index (κ3) is 7.43. The molecule has 2 aliphatic rings. The zero-order valence-electron chi connectivity index (χ0n) is 16.3. The van der Waals surface area contributed by atoms with Gasteiger partial charge in [-0.05, 0) is 37.8 Å². The number of likely N-dealkylation sites (tertiary alicyclic amines) is 1. The predicted octanol–water partition coefficient (Wildman–Crippen LogP) is 3.17. The summed E-state index contributed by atoms with van der Waals surface area (Å²) in [5, 5.41) is 6.96. The average molecular weight is 484 g/mol. The second kappa shape index (κ2) is 12.4. The van der Waals surface area contributed by atoms with Crippen LogP contribution in [-0.2, 0) is 11.3 Å². The first-order valence-corrected chi connectivity index (χ1v) is 9.83. The van der Waals surface area contributed by atoms with Gasteiger partial charge in [-0.15, -0.1) is 24.0 Å². The summed E-state index contributed by atoms with van der Waals surface area (Å²) in [4.78, 5) is 6.96. The smallest absolute Gasteiger partial charge is 0.191 e. The van der Waals surface area contributed by atoms with Crippen molar-refractivity contribution in [2.45, 2.75) is 38.3 Å². The molecule has 1 fully saturated rings. The lowest BCUT2D eigenvalue weighted by molar-refractivity contribution is 0.153. The first-order chi connectivity index (χ1) is 12.8. The maximum Gasteiger partial charge on any atom is 0.191 e. The van der Waals surface area contributed by atoms with Crippen molar-refractivity contribution >= 4 is 29.9 Å². The van der Waals surface area contributed by atoms with Gasteiger partial charge in [-0.1, -0.05) is 42.0 Å². The molecular formula is C21H33IN4O. The van der Waals surface area contributed by atoms with Crippen molar-refractivity contribution in [1.82, 2.24) is 15.5 Å². The highest BCUT2D eigenvalue weighted by molar-refractivity contribution is 14.0. The van der Waals surface area contributed by atoms with E-state index in [0.29, 0.717) is 6.04 Å². The second-order valence-electron chi connectivity index (χ2n) is 7.07. The number of hydrogen-bond acceptors (Lipinski definition) is 3. The van der Waals surface area contributed by atoms with Gasteiger partial charge in [0.15, 0.2) is 5.96 Å². The van der Waals surface area contributed by atoms with Crippen molar-refractivity contribution in [3.05, 3.63) is 47.5 Å². The lowest BCUT2D eigenvalue weighted by Gasteiger charge is -2.25. The van der Waals surface area contributed by atoms with Crippen LogP contribution in [0.5, 0.6) is 0 Å². The van der Waals surface area contributed by atoms with Gasteiger partial charge in [0, 0.05) is 32.7 Å². The summed E-state index contributed by atoms with van der Waals surface area (Å²) in [5.41, 5.74) is 2.88. The van der Waals surface area contributed by atoms with Gasteiger partial charge in [0.25, 0.3) is 0 Å². The van der Waals surface area contributed by atoms with Crippen molar-refractivity contribution in [2.75, 3.05) is 39.9 Å². The minimum Gasteiger partial charge on any atom is -0.377 e. The number of aliphatic imine (C=N–C) groups is 1. The fraction of sp³-hybridized carbons (Fsp3) is 0.571. The molecule has 2 heterocycles.